The van der Waals surface area contributed by atoms with Gasteiger partial charge in [0.25, 0.3) is 5.91 Å². The van der Waals surface area contributed by atoms with E-state index < -0.39 is 0 Å². The molecule has 0 radical (unpaired) electrons. The van der Waals surface area contributed by atoms with E-state index >= 15 is 0 Å². The van der Waals surface area contributed by atoms with Crippen LogP contribution in [0.25, 0.3) is 0 Å². The summed E-state index contributed by atoms with van der Waals surface area (Å²) in [7, 11) is 1.66. The van der Waals surface area contributed by atoms with Crippen molar-refractivity contribution in [3.63, 3.8) is 0 Å². The van der Waals surface area contributed by atoms with Crippen LogP contribution in [-0.4, -0.2) is 24.8 Å². The van der Waals surface area contributed by atoms with Gasteiger partial charge >= 0.3 is 0 Å². The number of nitrogens with two attached hydrogens (primary N) is 1. The minimum Gasteiger partial charge on any atom is -0.355 e. The molecule has 3 aliphatic rings. The first-order valence-corrected chi connectivity index (χ1v) is 11.9. The smallest absolute Gasteiger partial charge is 0.251 e. The molecule has 0 saturated heterocycles. The van der Waals surface area contributed by atoms with E-state index in [1.165, 1.54) is 43.2 Å². The highest BCUT2D eigenvalue weighted by molar-refractivity contribution is 5.94. The molecule has 0 spiro atoms. The molecule has 3 fully saturated rings. The van der Waals surface area contributed by atoms with Crippen molar-refractivity contribution in [2.45, 2.75) is 90.0 Å². The summed E-state index contributed by atoms with van der Waals surface area (Å²) in [6.45, 7) is 6.56. The van der Waals surface area contributed by atoms with Crippen molar-refractivity contribution in [3.8, 4) is 0 Å². The van der Waals surface area contributed by atoms with Crippen molar-refractivity contribution >= 4 is 11.7 Å². The topological polar surface area (TPSA) is 72.2 Å². The van der Waals surface area contributed by atoms with Crippen molar-refractivity contribution in [1.82, 2.24) is 5.32 Å². The second kappa shape index (κ2) is 9.64. The first kappa shape index (κ1) is 23.0. The number of aryl methyl sites for hydroxylation is 1. The standard InChI is InChI=1S/C20H27NO2.C6H13N/c1-13-5-4-10-20(12-16(22)8-9-17(13)20)18-11-15(19(23)21-3)7-6-14(18)2;1-5(7)6-3-2-4-6/h6-7,11,13,17H,4-5,8-10,12H2,1-3H3,(H,21,23);5-6H,2-4,7H2,1H3/t13-,17-,20-;5-/m01/s1. The van der Waals surface area contributed by atoms with Gasteiger partial charge in [0.1, 0.15) is 5.78 Å². The molecule has 4 atom stereocenters. The second-order valence-corrected chi connectivity index (χ2v) is 10.0. The molecule has 1 aromatic rings. The van der Waals surface area contributed by atoms with Crippen LogP contribution in [0.2, 0.25) is 0 Å². The Morgan fingerprint density at radius 3 is 2.50 bits per heavy atom. The van der Waals surface area contributed by atoms with E-state index in [-0.39, 0.29) is 11.3 Å². The third-order valence-corrected chi connectivity index (χ3v) is 8.08. The molecular formula is C26H40N2O2. The quantitative estimate of drug-likeness (QED) is 0.740. The van der Waals surface area contributed by atoms with Crippen LogP contribution in [0.5, 0.6) is 0 Å². The van der Waals surface area contributed by atoms with E-state index in [0.717, 1.165) is 25.2 Å². The van der Waals surface area contributed by atoms with Crippen molar-refractivity contribution < 1.29 is 9.59 Å². The Kier molecular flexibility index (Phi) is 7.38. The average molecular weight is 413 g/mol. The summed E-state index contributed by atoms with van der Waals surface area (Å²) in [5.74, 6) is 2.41. The zero-order valence-electron chi connectivity index (χ0n) is 19.3. The average Bonchev–Trinajstić information content (AvgIpc) is 2.66. The van der Waals surface area contributed by atoms with Crippen LogP contribution in [0, 0.1) is 24.7 Å². The number of fused-ring (bicyclic) bond motifs is 1. The molecule has 4 nitrogen and oxygen atoms in total. The molecular weight excluding hydrogens is 372 g/mol. The third kappa shape index (κ3) is 4.64. The van der Waals surface area contributed by atoms with E-state index in [1.54, 1.807) is 7.05 Å². The minimum absolute atomic E-state index is 0.0507. The molecule has 1 aromatic carbocycles. The number of ketones is 1. The molecule has 0 aliphatic heterocycles. The Bertz CT molecular complexity index is 768. The fraction of sp³-hybridized carbons (Fsp3) is 0.692. The summed E-state index contributed by atoms with van der Waals surface area (Å²) in [6, 6.07) is 6.44. The van der Waals surface area contributed by atoms with Gasteiger partial charge < -0.3 is 11.1 Å². The van der Waals surface area contributed by atoms with Gasteiger partial charge in [0.2, 0.25) is 0 Å². The number of hydrogen-bond donors (Lipinski definition) is 2. The fourth-order valence-corrected chi connectivity index (χ4v) is 6.05. The molecule has 4 heteroatoms. The number of carbonyl (C=O) groups is 2. The van der Waals surface area contributed by atoms with Gasteiger partial charge in [0.15, 0.2) is 0 Å². The van der Waals surface area contributed by atoms with Crippen LogP contribution in [0.4, 0.5) is 0 Å². The Balaban J connectivity index is 0.000000310. The van der Waals surface area contributed by atoms with E-state index in [0.29, 0.717) is 35.6 Å². The number of rotatable bonds is 3. The summed E-state index contributed by atoms with van der Waals surface area (Å²) in [5, 5.41) is 2.71. The summed E-state index contributed by atoms with van der Waals surface area (Å²) in [6.07, 6.45) is 10.0. The monoisotopic (exact) mass is 412 g/mol. The molecule has 0 aromatic heterocycles. The second-order valence-electron chi connectivity index (χ2n) is 10.0. The van der Waals surface area contributed by atoms with Crippen LogP contribution >= 0.6 is 0 Å². The number of amides is 1. The van der Waals surface area contributed by atoms with Crippen LogP contribution in [0.1, 0.15) is 93.1 Å². The number of hydrogen-bond acceptors (Lipinski definition) is 3. The van der Waals surface area contributed by atoms with E-state index in [2.05, 4.69) is 32.2 Å². The summed E-state index contributed by atoms with van der Waals surface area (Å²) < 4.78 is 0. The maximum absolute atomic E-state index is 12.3. The molecule has 4 rings (SSSR count). The first-order chi connectivity index (χ1) is 14.3. The number of benzene rings is 1. The van der Waals surface area contributed by atoms with Crippen molar-refractivity contribution in [2.24, 2.45) is 23.5 Å². The lowest BCUT2D eigenvalue weighted by molar-refractivity contribution is -0.125. The van der Waals surface area contributed by atoms with Crippen molar-refractivity contribution in [2.75, 3.05) is 7.05 Å². The molecule has 166 valence electrons. The van der Waals surface area contributed by atoms with Crippen LogP contribution in [0.15, 0.2) is 18.2 Å². The lowest BCUT2D eigenvalue weighted by atomic mass is 9.53. The normalized spacial score (nSPS) is 29.7. The van der Waals surface area contributed by atoms with Crippen molar-refractivity contribution in [3.05, 3.63) is 34.9 Å². The van der Waals surface area contributed by atoms with Crippen LogP contribution < -0.4 is 11.1 Å². The highest BCUT2D eigenvalue weighted by Crippen LogP contribution is 2.54. The lowest BCUT2D eigenvalue weighted by Gasteiger charge is -2.51. The molecule has 3 N–H and O–H groups in total. The Hall–Kier alpha value is -1.68. The van der Waals surface area contributed by atoms with E-state index in [1.807, 2.05) is 12.1 Å². The predicted molar refractivity (Wildman–Crippen MR) is 123 cm³/mol. The van der Waals surface area contributed by atoms with Gasteiger partial charge in [-0.2, -0.15) is 0 Å². The molecule has 3 aliphatic carbocycles. The maximum atomic E-state index is 12.3. The number of Topliss-reactive ketones (excluding diaryl/α,β-unsaturated/α-hetero) is 1. The molecule has 0 unspecified atom stereocenters. The highest BCUT2D eigenvalue weighted by Gasteiger charge is 2.49. The fourth-order valence-electron chi connectivity index (χ4n) is 6.05. The van der Waals surface area contributed by atoms with Crippen LogP contribution in [0.3, 0.4) is 0 Å². The van der Waals surface area contributed by atoms with Gasteiger partial charge in [-0.05, 0) is 80.5 Å². The molecule has 3 saturated carbocycles. The molecule has 0 bridgehead atoms. The minimum atomic E-state index is -0.0544. The summed E-state index contributed by atoms with van der Waals surface area (Å²) in [4.78, 5) is 24.4. The van der Waals surface area contributed by atoms with Gasteiger partial charge in [0.05, 0.1) is 0 Å². The van der Waals surface area contributed by atoms with Gasteiger partial charge in [-0.25, -0.2) is 0 Å². The Morgan fingerprint density at radius 2 is 1.93 bits per heavy atom. The lowest BCUT2D eigenvalue weighted by Crippen LogP contribution is -2.47. The number of nitrogens with one attached hydrogen (secondary N) is 1. The zero-order chi connectivity index (χ0) is 21.9. The largest absolute Gasteiger partial charge is 0.355 e. The van der Waals surface area contributed by atoms with Crippen LogP contribution in [-0.2, 0) is 10.2 Å². The third-order valence-electron chi connectivity index (χ3n) is 8.08. The predicted octanol–water partition coefficient (Wildman–Crippen LogP) is 4.92. The Labute approximate surface area is 182 Å². The molecule has 0 heterocycles. The number of carbonyl (C=O) groups excluding carboxylic acids is 2. The van der Waals surface area contributed by atoms with Crippen molar-refractivity contribution in [1.29, 1.82) is 0 Å². The summed E-state index contributed by atoms with van der Waals surface area (Å²) in [5.41, 5.74) is 8.70. The summed E-state index contributed by atoms with van der Waals surface area (Å²) >= 11 is 0. The van der Waals surface area contributed by atoms with Gasteiger partial charge in [-0.3, -0.25) is 9.59 Å². The van der Waals surface area contributed by atoms with Gasteiger partial charge in [-0.1, -0.05) is 32.3 Å². The zero-order valence-corrected chi connectivity index (χ0v) is 19.3. The van der Waals surface area contributed by atoms with E-state index in [4.69, 9.17) is 5.73 Å². The SMILES string of the molecule is CNC(=O)c1ccc(C)c([C@]23CCC[C@H](C)[C@@H]2CCC(=O)C3)c1.C[C@@H](N)C1CCC1. The highest BCUT2D eigenvalue weighted by atomic mass is 16.1. The Morgan fingerprint density at radius 1 is 1.20 bits per heavy atom. The maximum Gasteiger partial charge on any atom is 0.251 e. The van der Waals surface area contributed by atoms with E-state index in [9.17, 15) is 9.59 Å². The van der Waals surface area contributed by atoms with Gasteiger partial charge in [0, 0.05) is 36.9 Å². The molecule has 30 heavy (non-hydrogen) atoms. The first-order valence-electron chi connectivity index (χ1n) is 11.9. The molecule has 1 amide bonds. The van der Waals surface area contributed by atoms with Gasteiger partial charge in [-0.15, -0.1) is 0 Å².